The molecule has 1 fully saturated rings. The molecule has 2 aliphatic rings. The average molecular weight is 460 g/mol. The van der Waals surface area contributed by atoms with Gasteiger partial charge in [0.1, 0.15) is 11.5 Å². The van der Waals surface area contributed by atoms with Crippen LogP contribution in [0.5, 0.6) is 11.5 Å². The van der Waals surface area contributed by atoms with Crippen LogP contribution in [0.15, 0.2) is 47.4 Å². The number of hydrogen-bond acceptors (Lipinski definition) is 6. The lowest BCUT2D eigenvalue weighted by Crippen LogP contribution is -2.41. The molecule has 1 atom stereocenters. The molecular weight excluding hydrogens is 434 g/mol. The average Bonchev–Trinajstić information content (AvgIpc) is 2.80. The third kappa shape index (κ3) is 4.42. The van der Waals surface area contributed by atoms with Crippen LogP contribution in [-0.4, -0.2) is 50.8 Å². The summed E-state index contributed by atoms with van der Waals surface area (Å²) in [6.45, 7) is 2.10. The first-order valence-corrected chi connectivity index (χ1v) is 11.8. The van der Waals surface area contributed by atoms with Crippen LogP contribution < -0.4 is 20.1 Å². The standard InChI is InChI=1S/C22H25N3O6S/c1-14-21(26)24-19-13-18(7-8-20(19)31-14)32(28,29)25-11-9-15(10-12-25)22(27)23-16-3-5-17(30-2)6-4-16/h3-8,13-15H,9-12H2,1-2H3,(H,23,27)(H,24,26)/t14-/m0/s1. The second kappa shape index (κ2) is 8.79. The van der Waals surface area contributed by atoms with Crippen LogP contribution in [0.2, 0.25) is 0 Å². The predicted molar refractivity (Wildman–Crippen MR) is 118 cm³/mol. The lowest BCUT2D eigenvalue weighted by atomic mass is 9.97. The second-order valence-electron chi connectivity index (χ2n) is 7.80. The van der Waals surface area contributed by atoms with Crippen molar-refractivity contribution in [2.24, 2.45) is 5.92 Å². The minimum absolute atomic E-state index is 0.0795. The molecule has 0 aromatic heterocycles. The molecule has 0 radical (unpaired) electrons. The van der Waals surface area contributed by atoms with Crippen molar-refractivity contribution in [2.45, 2.75) is 30.8 Å². The van der Waals surface area contributed by atoms with Gasteiger partial charge in [-0.15, -0.1) is 0 Å². The first-order valence-electron chi connectivity index (χ1n) is 10.3. The number of amides is 2. The van der Waals surface area contributed by atoms with Crippen molar-refractivity contribution in [1.29, 1.82) is 0 Å². The Kier molecular flexibility index (Phi) is 6.07. The summed E-state index contributed by atoms with van der Waals surface area (Å²) in [6, 6.07) is 11.5. The number of piperidine rings is 1. The third-order valence-electron chi connectivity index (χ3n) is 5.70. The number of nitrogens with zero attached hydrogens (tertiary/aromatic N) is 1. The molecule has 0 saturated carbocycles. The van der Waals surface area contributed by atoms with Crippen molar-refractivity contribution < 1.29 is 27.5 Å². The number of hydrogen-bond donors (Lipinski definition) is 2. The maximum absolute atomic E-state index is 13.1. The van der Waals surface area contributed by atoms with Crippen molar-refractivity contribution in [3.63, 3.8) is 0 Å². The minimum atomic E-state index is -3.76. The Bertz CT molecular complexity index is 1120. The maximum Gasteiger partial charge on any atom is 0.265 e. The molecule has 2 aliphatic heterocycles. The Balaban J connectivity index is 1.39. The number of carbonyl (C=O) groups excluding carboxylic acids is 2. The van der Waals surface area contributed by atoms with E-state index in [1.165, 1.54) is 16.4 Å². The molecule has 0 spiro atoms. The lowest BCUT2D eigenvalue weighted by molar-refractivity contribution is -0.123. The molecule has 2 heterocycles. The van der Waals surface area contributed by atoms with E-state index in [9.17, 15) is 18.0 Å². The summed E-state index contributed by atoms with van der Waals surface area (Å²) < 4.78 is 38.2. The lowest BCUT2D eigenvalue weighted by Gasteiger charge is -2.31. The molecule has 170 valence electrons. The van der Waals surface area contributed by atoms with Crippen LogP contribution in [-0.2, 0) is 19.6 Å². The van der Waals surface area contributed by atoms with Crippen molar-refractivity contribution in [3.8, 4) is 11.5 Å². The molecule has 0 unspecified atom stereocenters. The van der Waals surface area contributed by atoms with E-state index in [1.807, 2.05) is 0 Å². The van der Waals surface area contributed by atoms with E-state index in [1.54, 1.807) is 44.4 Å². The van der Waals surface area contributed by atoms with E-state index in [4.69, 9.17) is 9.47 Å². The van der Waals surface area contributed by atoms with Crippen LogP contribution in [0.25, 0.3) is 0 Å². The number of methoxy groups -OCH3 is 1. The van der Waals surface area contributed by atoms with Gasteiger partial charge in [0.25, 0.3) is 5.91 Å². The normalized spacial score (nSPS) is 19.4. The Morgan fingerprint density at radius 2 is 1.84 bits per heavy atom. The fourth-order valence-electron chi connectivity index (χ4n) is 3.77. The van der Waals surface area contributed by atoms with Gasteiger partial charge in [-0.25, -0.2) is 8.42 Å². The number of sulfonamides is 1. The largest absolute Gasteiger partial charge is 0.497 e. The van der Waals surface area contributed by atoms with Gasteiger partial charge in [0.05, 0.1) is 17.7 Å². The SMILES string of the molecule is COc1ccc(NC(=O)C2CCN(S(=O)(=O)c3ccc4c(c3)NC(=O)[C@H](C)O4)CC2)cc1. The van der Waals surface area contributed by atoms with Gasteiger partial charge < -0.3 is 20.1 Å². The van der Waals surface area contributed by atoms with Gasteiger partial charge in [-0.2, -0.15) is 4.31 Å². The molecule has 32 heavy (non-hydrogen) atoms. The van der Waals surface area contributed by atoms with Crippen molar-refractivity contribution in [3.05, 3.63) is 42.5 Å². The van der Waals surface area contributed by atoms with Crippen LogP contribution in [0.3, 0.4) is 0 Å². The van der Waals surface area contributed by atoms with Crippen LogP contribution in [0.4, 0.5) is 11.4 Å². The number of fused-ring (bicyclic) bond motifs is 1. The molecule has 0 aliphatic carbocycles. The van der Waals surface area contributed by atoms with E-state index < -0.39 is 16.1 Å². The Morgan fingerprint density at radius 1 is 1.16 bits per heavy atom. The van der Waals surface area contributed by atoms with E-state index >= 15 is 0 Å². The number of nitrogens with one attached hydrogen (secondary N) is 2. The summed E-state index contributed by atoms with van der Waals surface area (Å²) >= 11 is 0. The number of rotatable bonds is 5. The Morgan fingerprint density at radius 3 is 2.50 bits per heavy atom. The molecule has 10 heteroatoms. The molecule has 2 aromatic rings. The summed E-state index contributed by atoms with van der Waals surface area (Å²) in [5.74, 6) is 0.404. The molecule has 1 saturated heterocycles. The summed E-state index contributed by atoms with van der Waals surface area (Å²) in [5.41, 5.74) is 1.00. The number of ether oxygens (including phenoxy) is 2. The van der Waals surface area contributed by atoms with Crippen molar-refractivity contribution >= 4 is 33.2 Å². The highest BCUT2D eigenvalue weighted by molar-refractivity contribution is 7.89. The minimum Gasteiger partial charge on any atom is -0.497 e. The predicted octanol–water partition coefficient (Wildman–Crippen LogP) is 2.45. The number of anilines is 2. The highest BCUT2D eigenvalue weighted by Crippen LogP contribution is 2.33. The van der Waals surface area contributed by atoms with E-state index in [-0.39, 0.29) is 35.7 Å². The van der Waals surface area contributed by atoms with Crippen LogP contribution >= 0.6 is 0 Å². The van der Waals surface area contributed by atoms with Crippen LogP contribution in [0, 0.1) is 5.92 Å². The fraction of sp³-hybridized carbons (Fsp3) is 0.364. The molecule has 2 amide bonds. The third-order valence-corrected chi connectivity index (χ3v) is 7.60. The van der Waals surface area contributed by atoms with Gasteiger partial charge in [0.15, 0.2) is 6.10 Å². The van der Waals surface area contributed by atoms with E-state index in [0.717, 1.165) is 0 Å². The second-order valence-corrected chi connectivity index (χ2v) is 9.74. The monoisotopic (exact) mass is 459 g/mol. The Labute approximate surface area is 186 Å². The van der Waals surface area contributed by atoms with Gasteiger partial charge in [-0.1, -0.05) is 0 Å². The highest BCUT2D eigenvalue weighted by Gasteiger charge is 2.33. The summed E-state index contributed by atoms with van der Waals surface area (Å²) in [4.78, 5) is 24.5. The zero-order valence-corrected chi connectivity index (χ0v) is 18.6. The summed E-state index contributed by atoms with van der Waals surface area (Å²) in [6.07, 6.45) is 0.209. The van der Waals surface area contributed by atoms with E-state index in [0.29, 0.717) is 35.7 Å². The van der Waals surface area contributed by atoms with Gasteiger partial charge in [0, 0.05) is 24.7 Å². The first kappa shape index (κ1) is 22.1. The van der Waals surface area contributed by atoms with Gasteiger partial charge >= 0.3 is 0 Å². The zero-order chi connectivity index (χ0) is 22.9. The molecule has 0 bridgehead atoms. The summed E-state index contributed by atoms with van der Waals surface area (Å²) in [7, 11) is -2.19. The maximum atomic E-state index is 13.1. The Hall–Kier alpha value is -3.11. The topological polar surface area (TPSA) is 114 Å². The molecule has 4 rings (SSSR count). The first-order chi connectivity index (χ1) is 15.3. The molecular formula is C22H25N3O6S. The molecule has 2 aromatic carbocycles. The smallest absolute Gasteiger partial charge is 0.265 e. The quantitative estimate of drug-likeness (QED) is 0.710. The molecule has 9 nitrogen and oxygen atoms in total. The van der Waals surface area contributed by atoms with Crippen molar-refractivity contribution in [1.82, 2.24) is 4.31 Å². The number of carbonyl (C=O) groups is 2. The van der Waals surface area contributed by atoms with E-state index in [2.05, 4.69) is 10.6 Å². The fourth-order valence-corrected chi connectivity index (χ4v) is 5.27. The van der Waals surface area contributed by atoms with Gasteiger partial charge in [0.2, 0.25) is 15.9 Å². The molecule has 2 N–H and O–H groups in total. The van der Waals surface area contributed by atoms with Gasteiger partial charge in [-0.05, 0) is 62.2 Å². The van der Waals surface area contributed by atoms with Crippen LogP contribution in [0.1, 0.15) is 19.8 Å². The van der Waals surface area contributed by atoms with Crippen molar-refractivity contribution in [2.75, 3.05) is 30.8 Å². The highest BCUT2D eigenvalue weighted by atomic mass is 32.2. The number of benzene rings is 2. The summed E-state index contributed by atoms with van der Waals surface area (Å²) in [5, 5.41) is 5.54. The van der Waals surface area contributed by atoms with Gasteiger partial charge in [-0.3, -0.25) is 9.59 Å². The zero-order valence-electron chi connectivity index (χ0n) is 17.8.